The number of carbonyl (C=O) groups is 2. The van der Waals surface area contributed by atoms with Crippen LogP contribution in [-0.4, -0.2) is 71.6 Å². The van der Waals surface area contributed by atoms with Crippen LogP contribution in [-0.2, 0) is 32.0 Å². The Kier molecular flexibility index (Phi) is 12.6. The lowest BCUT2D eigenvalue weighted by molar-refractivity contribution is -0.276. The number of aliphatic hydroxyl groups is 2. The largest absolute Gasteiger partial charge is 0.508 e. The lowest BCUT2D eigenvalue weighted by Gasteiger charge is -2.42. The molecular formula is C39H45N3O8. The second kappa shape index (κ2) is 17.2. The summed E-state index contributed by atoms with van der Waals surface area (Å²) in [6.07, 6.45) is -2.04. The van der Waals surface area contributed by atoms with Gasteiger partial charge in [-0.2, -0.15) is 0 Å². The van der Waals surface area contributed by atoms with Gasteiger partial charge in [-0.25, -0.2) is 9.59 Å². The van der Waals surface area contributed by atoms with Gasteiger partial charge < -0.3 is 45.1 Å². The Morgan fingerprint density at radius 2 is 1.64 bits per heavy atom. The Morgan fingerprint density at radius 3 is 2.34 bits per heavy atom. The Bertz CT molecular complexity index is 1700. The molecule has 5 rings (SSSR count). The summed E-state index contributed by atoms with van der Waals surface area (Å²) in [6.45, 7) is 2.77. The number of hydrogen-bond donors (Lipinski definition) is 5. The molecule has 11 heteroatoms. The number of rotatable bonds is 13. The van der Waals surface area contributed by atoms with E-state index >= 15 is 0 Å². The van der Waals surface area contributed by atoms with Crippen molar-refractivity contribution in [2.24, 2.45) is 5.92 Å². The molecule has 4 aromatic carbocycles. The number of carbonyl (C=O) groups excluding carboxylic acids is 2. The monoisotopic (exact) mass is 683 g/mol. The van der Waals surface area contributed by atoms with Crippen LogP contribution in [0.2, 0.25) is 0 Å². The second-order valence-corrected chi connectivity index (χ2v) is 12.6. The molecule has 1 aliphatic rings. The third-order valence-corrected chi connectivity index (χ3v) is 8.84. The molecule has 264 valence electrons. The molecule has 6 atom stereocenters. The number of hydrogen-bond acceptors (Lipinski definition) is 9. The molecule has 1 heterocycles. The van der Waals surface area contributed by atoms with E-state index in [0.717, 1.165) is 16.7 Å². The lowest BCUT2D eigenvalue weighted by Crippen LogP contribution is -2.45. The first kappa shape index (κ1) is 36.5. The van der Waals surface area contributed by atoms with Crippen molar-refractivity contribution < 1.29 is 39.1 Å². The first-order valence-corrected chi connectivity index (χ1v) is 16.6. The van der Waals surface area contributed by atoms with Gasteiger partial charge in [-0.05, 0) is 53.6 Å². The summed E-state index contributed by atoms with van der Waals surface area (Å²) in [7, 11) is 3.19. The number of likely N-dealkylation sites (N-methyl/N-ethyl adjacent to an activating group) is 1. The zero-order chi connectivity index (χ0) is 35.6. The number of nitrogens with one attached hydrogen (secondary N) is 2. The minimum Gasteiger partial charge on any atom is -0.508 e. The molecule has 2 amide bonds. The van der Waals surface area contributed by atoms with E-state index in [1.54, 1.807) is 42.5 Å². The molecule has 0 aliphatic carbocycles. The van der Waals surface area contributed by atoms with Crippen molar-refractivity contribution >= 4 is 17.7 Å². The maximum atomic E-state index is 13.1. The molecule has 1 fully saturated rings. The van der Waals surface area contributed by atoms with Gasteiger partial charge in [-0.3, -0.25) is 0 Å². The zero-order valence-electron chi connectivity index (χ0n) is 28.4. The summed E-state index contributed by atoms with van der Waals surface area (Å²) in [5.41, 5.74) is 4.35. The van der Waals surface area contributed by atoms with Crippen LogP contribution in [0.4, 0.5) is 10.5 Å². The number of amides is 2. The van der Waals surface area contributed by atoms with Crippen molar-refractivity contribution in [3.8, 4) is 5.75 Å². The van der Waals surface area contributed by atoms with Gasteiger partial charge in [0.25, 0.3) is 0 Å². The Balaban J connectivity index is 1.32. The van der Waals surface area contributed by atoms with Gasteiger partial charge in [0.05, 0.1) is 32.0 Å². The van der Waals surface area contributed by atoms with Crippen LogP contribution < -0.4 is 10.6 Å². The number of phenols is 1. The second-order valence-electron chi connectivity index (χ2n) is 12.6. The molecule has 1 aliphatic heterocycles. The number of phenolic OH excluding ortho intramolecular Hbond substituents is 1. The maximum Gasteiger partial charge on any atom is 0.328 e. The fourth-order valence-electron chi connectivity index (χ4n) is 6.12. The number of ether oxygens (including phenoxy) is 3. The fourth-order valence-corrected chi connectivity index (χ4v) is 6.12. The van der Waals surface area contributed by atoms with Crippen molar-refractivity contribution in [1.29, 1.82) is 0 Å². The van der Waals surface area contributed by atoms with E-state index in [9.17, 15) is 24.9 Å². The van der Waals surface area contributed by atoms with E-state index < -0.39 is 30.4 Å². The van der Waals surface area contributed by atoms with E-state index in [1.165, 1.54) is 7.11 Å². The van der Waals surface area contributed by atoms with Gasteiger partial charge in [0, 0.05) is 36.7 Å². The predicted octanol–water partition coefficient (Wildman–Crippen LogP) is 5.25. The van der Waals surface area contributed by atoms with Crippen LogP contribution in [0.15, 0.2) is 103 Å². The summed E-state index contributed by atoms with van der Waals surface area (Å²) in [6, 6.07) is 29.2. The Labute approximate surface area is 292 Å². The van der Waals surface area contributed by atoms with Crippen molar-refractivity contribution in [1.82, 2.24) is 10.2 Å². The lowest BCUT2D eigenvalue weighted by atomic mass is 9.90. The standard InChI is InChI=1S/C39H45N3O8/c1-25-35(23-42(2)22-34(45)29-11-8-14-32(44)21-29)49-38(50-36(25)28-17-15-27(24-43)16-18-28)30-12-7-13-31(20-30)40-39(47)41-33(37(46)48-3)19-26-9-5-4-6-10-26/h4-18,20-21,25,33-36,38,43-45H,19,22-24H2,1-3H3,(H2,40,41,47). The van der Waals surface area contributed by atoms with Crippen LogP contribution in [0, 0.1) is 5.92 Å². The summed E-state index contributed by atoms with van der Waals surface area (Å²) in [5.74, 6) is -0.564. The first-order valence-electron chi connectivity index (χ1n) is 16.6. The quantitative estimate of drug-likeness (QED) is 0.119. The highest BCUT2D eigenvalue weighted by molar-refractivity contribution is 5.92. The molecule has 4 aromatic rings. The SMILES string of the molecule is COC(=O)C(Cc1ccccc1)NC(=O)Nc1cccc(C2OC(CN(C)CC(O)c3cccc(O)c3)C(C)C(c3ccc(CO)cc3)O2)c1. The van der Waals surface area contributed by atoms with Gasteiger partial charge in [0.2, 0.25) is 0 Å². The number of urea groups is 1. The van der Waals surface area contributed by atoms with E-state index in [4.69, 9.17) is 14.2 Å². The average molecular weight is 684 g/mol. The number of esters is 1. The molecule has 50 heavy (non-hydrogen) atoms. The van der Waals surface area contributed by atoms with Crippen LogP contribution in [0.1, 0.15) is 53.2 Å². The van der Waals surface area contributed by atoms with E-state index in [0.29, 0.717) is 29.9 Å². The summed E-state index contributed by atoms with van der Waals surface area (Å²) in [5, 5.41) is 35.9. The highest BCUT2D eigenvalue weighted by atomic mass is 16.7. The van der Waals surface area contributed by atoms with Crippen molar-refractivity contribution in [2.75, 3.05) is 32.6 Å². The number of aromatic hydroxyl groups is 1. The number of methoxy groups -OCH3 is 1. The molecule has 0 bridgehead atoms. The predicted molar refractivity (Wildman–Crippen MR) is 188 cm³/mol. The van der Waals surface area contributed by atoms with E-state index in [1.807, 2.05) is 72.6 Å². The Hall–Kier alpha value is -4.78. The molecule has 0 spiro atoms. The van der Waals surface area contributed by atoms with Crippen LogP contribution >= 0.6 is 0 Å². The highest BCUT2D eigenvalue weighted by Crippen LogP contribution is 2.42. The number of anilines is 1. The third kappa shape index (κ3) is 9.68. The van der Waals surface area contributed by atoms with Gasteiger partial charge in [0.1, 0.15) is 11.8 Å². The van der Waals surface area contributed by atoms with E-state index in [-0.39, 0.29) is 36.9 Å². The molecule has 6 unspecified atom stereocenters. The van der Waals surface area contributed by atoms with Gasteiger partial charge >= 0.3 is 12.0 Å². The van der Waals surface area contributed by atoms with Crippen molar-refractivity contribution in [2.45, 2.75) is 50.6 Å². The normalized spacial score (nSPS) is 20.1. The smallest absolute Gasteiger partial charge is 0.328 e. The molecule has 0 radical (unpaired) electrons. The van der Waals surface area contributed by atoms with Crippen LogP contribution in [0.25, 0.3) is 0 Å². The number of benzene rings is 4. The van der Waals surface area contributed by atoms with Crippen molar-refractivity contribution in [3.63, 3.8) is 0 Å². The minimum absolute atomic E-state index is 0.0674. The maximum absolute atomic E-state index is 13.1. The molecule has 1 saturated heterocycles. The number of aliphatic hydroxyl groups excluding tert-OH is 2. The summed E-state index contributed by atoms with van der Waals surface area (Å²) >= 11 is 0. The zero-order valence-corrected chi connectivity index (χ0v) is 28.4. The molecule has 5 N–H and O–H groups in total. The fraction of sp³-hybridized carbons (Fsp3) is 0.333. The molecule has 11 nitrogen and oxygen atoms in total. The summed E-state index contributed by atoms with van der Waals surface area (Å²) in [4.78, 5) is 27.6. The number of nitrogens with zero attached hydrogens (tertiary/aromatic N) is 1. The minimum atomic E-state index is -0.890. The topological polar surface area (TPSA) is 150 Å². The Morgan fingerprint density at radius 1 is 0.900 bits per heavy atom. The molecule has 0 saturated carbocycles. The van der Waals surface area contributed by atoms with E-state index in [2.05, 4.69) is 17.6 Å². The molecule has 0 aromatic heterocycles. The molecular weight excluding hydrogens is 638 g/mol. The highest BCUT2D eigenvalue weighted by Gasteiger charge is 2.39. The van der Waals surface area contributed by atoms with Gasteiger partial charge in [-0.15, -0.1) is 0 Å². The summed E-state index contributed by atoms with van der Waals surface area (Å²) < 4.78 is 18.1. The van der Waals surface area contributed by atoms with Crippen LogP contribution in [0.3, 0.4) is 0 Å². The van der Waals surface area contributed by atoms with Crippen LogP contribution in [0.5, 0.6) is 5.75 Å². The van der Waals surface area contributed by atoms with Crippen molar-refractivity contribution in [3.05, 3.63) is 131 Å². The van der Waals surface area contributed by atoms with Gasteiger partial charge in [0.15, 0.2) is 6.29 Å². The van der Waals surface area contributed by atoms with Gasteiger partial charge in [-0.1, -0.05) is 85.8 Å². The third-order valence-electron chi connectivity index (χ3n) is 8.84. The average Bonchev–Trinajstić information content (AvgIpc) is 3.12. The first-order chi connectivity index (χ1) is 24.1.